The van der Waals surface area contributed by atoms with Crippen molar-refractivity contribution in [3.8, 4) is 0 Å². The van der Waals surface area contributed by atoms with Crippen molar-refractivity contribution in [2.45, 2.75) is 55.2 Å². The zero-order valence-electron chi connectivity index (χ0n) is 13.2. The fraction of sp³-hybridized carbons (Fsp3) is 0.688. The first-order valence-corrected chi connectivity index (χ1v) is 10.8. The van der Waals surface area contributed by atoms with Crippen LogP contribution in [0.15, 0.2) is 21.7 Å². The summed E-state index contributed by atoms with van der Waals surface area (Å²) in [5.41, 5.74) is 0. The number of nitrogens with zero attached hydrogens (tertiary/aromatic N) is 1. The number of sulfonamides is 1. The lowest BCUT2D eigenvalue weighted by molar-refractivity contribution is -0.125. The van der Waals surface area contributed by atoms with E-state index in [0.29, 0.717) is 17.3 Å². The molecule has 1 amide bonds. The van der Waals surface area contributed by atoms with Crippen molar-refractivity contribution in [2.24, 2.45) is 5.92 Å². The molecule has 23 heavy (non-hydrogen) atoms. The lowest BCUT2D eigenvalue weighted by Gasteiger charge is -2.31. The summed E-state index contributed by atoms with van der Waals surface area (Å²) in [6.45, 7) is 1.23. The third kappa shape index (κ3) is 3.61. The van der Waals surface area contributed by atoms with E-state index in [9.17, 15) is 13.2 Å². The molecule has 3 rings (SSSR count). The highest BCUT2D eigenvalue weighted by Crippen LogP contribution is 2.35. The Morgan fingerprint density at radius 3 is 2.74 bits per heavy atom. The minimum Gasteiger partial charge on any atom is -0.356 e. The predicted molar refractivity (Wildman–Crippen MR) is 90.8 cm³/mol. The van der Waals surface area contributed by atoms with E-state index >= 15 is 0 Å². The second kappa shape index (κ2) is 7.32. The van der Waals surface area contributed by atoms with Gasteiger partial charge in [-0.15, -0.1) is 11.3 Å². The van der Waals surface area contributed by atoms with Gasteiger partial charge in [0.2, 0.25) is 5.91 Å². The Balaban J connectivity index is 1.92. The van der Waals surface area contributed by atoms with E-state index < -0.39 is 10.0 Å². The fourth-order valence-corrected chi connectivity index (χ4v) is 6.52. The highest BCUT2D eigenvalue weighted by molar-refractivity contribution is 7.91. The van der Waals surface area contributed by atoms with Gasteiger partial charge in [-0.2, -0.15) is 4.31 Å². The molecule has 1 aromatic rings. The van der Waals surface area contributed by atoms with Crippen molar-refractivity contribution in [2.75, 3.05) is 13.1 Å². The molecular formula is C16H24N2O3S2. The molecule has 1 aliphatic heterocycles. The maximum absolute atomic E-state index is 13.1. The Morgan fingerprint density at radius 2 is 1.96 bits per heavy atom. The average Bonchev–Trinajstić information content (AvgIpc) is 3.19. The van der Waals surface area contributed by atoms with Crippen molar-refractivity contribution in [1.29, 1.82) is 0 Å². The van der Waals surface area contributed by atoms with E-state index in [1.165, 1.54) is 11.3 Å². The van der Waals surface area contributed by atoms with Crippen LogP contribution >= 0.6 is 11.3 Å². The lowest BCUT2D eigenvalue weighted by Crippen LogP contribution is -2.47. The van der Waals surface area contributed by atoms with Gasteiger partial charge in [-0.1, -0.05) is 25.3 Å². The number of amides is 1. The number of thiophene rings is 1. The van der Waals surface area contributed by atoms with Gasteiger partial charge in [0.1, 0.15) is 4.21 Å². The monoisotopic (exact) mass is 356 g/mol. The van der Waals surface area contributed by atoms with E-state index in [0.717, 1.165) is 44.9 Å². The number of hydrogen-bond donors (Lipinski definition) is 1. The number of carbonyl (C=O) groups excluding carboxylic acids is 1. The first-order chi connectivity index (χ1) is 11.1. The Hall–Kier alpha value is -0.920. The molecule has 0 bridgehead atoms. The molecule has 0 unspecified atom stereocenters. The molecule has 1 aromatic heterocycles. The molecule has 0 radical (unpaired) electrons. The Kier molecular flexibility index (Phi) is 5.38. The Labute approximate surface area is 142 Å². The van der Waals surface area contributed by atoms with Gasteiger partial charge in [-0.25, -0.2) is 8.42 Å². The van der Waals surface area contributed by atoms with Gasteiger partial charge in [-0.05, 0) is 37.1 Å². The number of nitrogens with one attached hydrogen (secondary N) is 1. The largest absolute Gasteiger partial charge is 0.356 e. The van der Waals surface area contributed by atoms with Crippen molar-refractivity contribution in [3.63, 3.8) is 0 Å². The topological polar surface area (TPSA) is 66.5 Å². The molecule has 1 aliphatic carbocycles. The summed E-state index contributed by atoms with van der Waals surface area (Å²) in [6, 6.07) is 3.23. The third-order valence-electron chi connectivity index (χ3n) is 4.85. The van der Waals surface area contributed by atoms with E-state index in [-0.39, 0.29) is 17.9 Å². The first-order valence-electron chi connectivity index (χ1n) is 8.44. The maximum Gasteiger partial charge on any atom is 0.252 e. The lowest BCUT2D eigenvalue weighted by atomic mass is 10.0. The van der Waals surface area contributed by atoms with Crippen LogP contribution in [0.25, 0.3) is 0 Å². The van der Waals surface area contributed by atoms with Gasteiger partial charge in [0, 0.05) is 19.1 Å². The van der Waals surface area contributed by atoms with Crippen LogP contribution < -0.4 is 5.32 Å². The second-order valence-corrected chi connectivity index (χ2v) is 9.42. The molecule has 2 atom stereocenters. The predicted octanol–water partition coefficient (Wildman–Crippen LogP) is 2.60. The number of carbonyl (C=O) groups is 1. The molecule has 1 saturated carbocycles. The van der Waals surface area contributed by atoms with Crippen molar-refractivity contribution in [3.05, 3.63) is 17.5 Å². The quantitative estimate of drug-likeness (QED) is 0.886. The Morgan fingerprint density at radius 1 is 1.13 bits per heavy atom. The van der Waals surface area contributed by atoms with Gasteiger partial charge < -0.3 is 5.32 Å². The molecule has 5 nitrogen and oxygen atoms in total. The fourth-order valence-electron chi connectivity index (χ4n) is 3.67. The van der Waals surface area contributed by atoms with Crippen LogP contribution in [0.1, 0.15) is 44.9 Å². The smallest absolute Gasteiger partial charge is 0.252 e. The average molecular weight is 357 g/mol. The van der Waals surface area contributed by atoms with Gasteiger partial charge in [-0.3, -0.25) is 4.79 Å². The van der Waals surface area contributed by atoms with Crippen LogP contribution in [-0.4, -0.2) is 37.8 Å². The zero-order chi connectivity index (χ0) is 16.3. The number of hydrogen-bond acceptors (Lipinski definition) is 4. The van der Waals surface area contributed by atoms with Crippen molar-refractivity contribution in [1.82, 2.24) is 9.62 Å². The van der Waals surface area contributed by atoms with Gasteiger partial charge in [0.25, 0.3) is 10.0 Å². The molecular weight excluding hydrogens is 332 g/mol. The van der Waals surface area contributed by atoms with Crippen LogP contribution in [0.2, 0.25) is 0 Å². The normalized spacial score (nSPS) is 27.9. The molecule has 1 saturated heterocycles. The minimum atomic E-state index is -3.50. The summed E-state index contributed by atoms with van der Waals surface area (Å²) >= 11 is 1.25. The van der Waals surface area contributed by atoms with Crippen molar-refractivity contribution < 1.29 is 13.2 Å². The summed E-state index contributed by atoms with van der Waals surface area (Å²) in [5, 5.41) is 4.79. The summed E-state index contributed by atoms with van der Waals surface area (Å²) in [7, 11) is -3.50. The number of fused-ring (bicyclic) bond motifs is 1. The Bertz CT molecular complexity index is 628. The summed E-state index contributed by atoms with van der Waals surface area (Å²) in [4.78, 5) is 12.5. The highest BCUT2D eigenvalue weighted by atomic mass is 32.2. The standard InChI is InChI=1S/C16H24N2O3S2/c19-16-13-7-5-8-14(13)18(11-4-2-1-3-10-17-16)23(20,21)15-9-6-12-22-15/h6,9,12-14H,1-5,7-8,10-11H2,(H,17,19)/t13-,14+/m1/s1. The molecule has 1 N–H and O–H groups in total. The van der Waals surface area contributed by atoms with Crippen LogP contribution in [-0.2, 0) is 14.8 Å². The summed E-state index contributed by atoms with van der Waals surface area (Å²) in [5.74, 6) is -0.177. The van der Waals surface area contributed by atoms with E-state index in [4.69, 9.17) is 0 Å². The molecule has 7 heteroatoms. The van der Waals surface area contributed by atoms with Gasteiger partial charge in [0.15, 0.2) is 0 Å². The first kappa shape index (κ1) is 16.9. The zero-order valence-corrected chi connectivity index (χ0v) is 14.9. The number of rotatable bonds is 2. The summed E-state index contributed by atoms with van der Waals surface area (Å²) < 4.78 is 28.1. The van der Waals surface area contributed by atoms with Gasteiger partial charge >= 0.3 is 0 Å². The molecule has 0 aromatic carbocycles. The van der Waals surface area contributed by atoms with Crippen LogP contribution in [0.5, 0.6) is 0 Å². The second-order valence-electron chi connectivity index (χ2n) is 6.36. The van der Waals surface area contributed by atoms with Crippen LogP contribution in [0, 0.1) is 5.92 Å². The molecule has 0 spiro atoms. The van der Waals surface area contributed by atoms with Crippen LogP contribution in [0.4, 0.5) is 0 Å². The summed E-state index contributed by atoms with van der Waals surface area (Å²) in [6.07, 6.45) is 6.35. The maximum atomic E-state index is 13.1. The minimum absolute atomic E-state index is 0.0285. The SMILES string of the molecule is O=C1NCCCCCCN(S(=O)(=O)c2cccs2)[C@H]2CCC[C@@H]12. The van der Waals surface area contributed by atoms with Gasteiger partial charge in [0.05, 0.1) is 5.92 Å². The highest BCUT2D eigenvalue weighted by Gasteiger charge is 2.42. The van der Waals surface area contributed by atoms with E-state index in [1.807, 2.05) is 0 Å². The van der Waals surface area contributed by atoms with Crippen LogP contribution in [0.3, 0.4) is 0 Å². The third-order valence-corrected chi connectivity index (χ3v) is 8.15. The molecule has 128 valence electrons. The van der Waals surface area contributed by atoms with E-state index in [1.54, 1.807) is 21.8 Å². The van der Waals surface area contributed by atoms with E-state index in [2.05, 4.69) is 5.32 Å². The van der Waals surface area contributed by atoms with Crippen molar-refractivity contribution >= 4 is 27.3 Å². The molecule has 2 aliphatic rings. The molecule has 2 heterocycles. The molecule has 2 fully saturated rings.